The van der Waals surface area contributed by atoms with E-state index in [1.807, 2.05) is 6.08 Å². The minimum absolute atomic E-state index is 0.0229. The van der Waals surface area contributed by atoms with Crippen LogP contribution in [0.3, 0.4) is 0 Å². The van der Waals surface area contributed by atoms with Crippen molar-refractivity contribution in [1.82, 2.24) is 0 Å². The highest BCUT2D eigenvalue weighted by Crippen LogP contribution is 2.56. The van der Waals surface area contributed by atoms with Gasteiger partial charge in [-0.2, -0.15) is 0 Å². The molecule has 4 fully saturated rings. The van der Waals surface area contributed by atoms with Crippen LogP contribution in [-0.2, 0) is 0 Å². The Labute approximate surface area is 118 Å². The molecule has 4 aliphatic carbocycles. The third kappa shape index (κ3) is 2.00. The Hall–Kier alpha value is -1.51. The molecule has 20 heavy (non-hydrogen) atoms. The highest BCUT2D eigenvalue weighted by molar-refractivity contribution is 5.84. The number of carbonyl (C=O) groups is 1. The Morgan fingerprint density at radius 2 is 1.75 bits per heavy atom. The summed E-state index contributed by atoms with van der Waals surface area (Å²) < 4.78 is 5.30. The summed E-state index contributed by atoms with van der Waals surface area (Å²) in [4.78, 5) is 10.8. The Bertz CT molecular complexity index is 526. The number of allylic oxidation sites excluding steroid dienone is 1. The molecule has 4 bridgehead atoms. The maximum Gasteiger partial charge on any atom is 0.371 e. The van der Waals surface area contributed by atoms with Gasteiger partial charge in [-0.15, -0.1) is 0 Å². The molecule has 1 heterocycles. The third-order valence-corrected chi connectivity index (χ3v) is 5.62. The molecule has 1 N–H and O–H groups in total. The molecule has 0 atom stereocenters. The van der Waals surface area contributed by atoms with E-state index in [-0.39, 0.29) is 5.76 Å². The van der Waals surface area contributed by atoms with Crippen LogP contribution in [0.4, 0.5) is 0 Å². The molecule has 4 aliphatic rings. The zero-order valence-electron chi connectivity index (χ0n) is 11.5. The van der Waals surface area contributed by atoms with Crippen LogP contribution in [0, 0.1) is 29.6 Å². The lowest BCUT2D eigenvalue weighted by molar-refractivity contribution is -0.0158. The Morgan fingerprint density at radius 3 is 2.30 bits per heavy atom. The van der Waals surface area contributed by atoms with Gasteiger partial charge in [0, 0.05) is 0 Å². The van der Waals surface area contributed by atoms with Gasteiger partial charge in [0.2, 0.25) is 5.76 Å². The van der Waals surface area contributed by atoms with Crippen molar-refractivity contribution in [2.24, 2.45) is 29.6 Å². The first-order valence-corrected chi connectivity index (χ1v) is 7.70. The lowest BCUT2D eigenvalue weighted by Crippen LogP contribution is -2.44. The highest BCUT2D eigenvalue weighted by Gasteiger charge is 2.47. The number of hydrogen-bond acceptors (Lipinski definition) is 2. The molecule has 3 heteroatoms. The van der Waals surface area contributed by atoms with Gasteiger partial charge in [0.1, 0.15) is 5.76 Å². The van der Waals surface area contributed by atoms with Crippen LogP contribution < -0.4 is 0 Å². The standard InChI is InChI=1S/C17H20O3/c18-17(19)16-4-2-14(20-16)1-3-15-12-6-10-5-11(8-12)9-13(15)7-10/h1-4,10-13,15H,5-9H2,(H,18,19)/b3-1+. The average molecular weight is 272 g/mol. The average Bonchev–Trinajstić information content (AvgIpc) is 2.86. The van der Waals surface area contributed by atoms with E-state index in [2.05, 4.69) is 6.08 Å². The van der Waals surface area contributed by atoms with E-state index in [0.717, 1.165) is 23.7 Å². The van der Waals surface area contributed by atoms with Crippen LogP contribution in [0.25, 0.3) is 6.08 Å². The van der Waals surface area contributed by atoms with Crippen molar-refractivity contribution in [2.75, 3.05) is 0 Å². The summed E-state index contributed by atoms with van der Waals surface area (Å²) >= 11 is 0. The first kappa shape index (κ1) is 12.2. The number of carboxylic acids is 1. The molecule has 0 spiro atoms. The maximum atomic E-state index is 10.8. The van der Waals surface area contributed by atoms with Gasteiger partial charge in [-0.05, 0) is 79.9 Å². The summed E-state index contributed by atoms with van der Waals surface area (Å²) in [6, 6.07) is 3.27. The topological polar surface area (TPSA) is 50.4 Å². The van der Waals surface area contributed by atoms with Crippen molar-refractivity contribution in [1.29, 1.82) is 0 Å². The second kappa shape index (κ2) is 4.51. The van der Waals surface area contributed by atoms with E-state index in [4.69, 9.17) is 9.52 Å². The largest absolute Gasteiger partial charge is 0.475 e. The first-order valence-electron chi connectivity index (χ1n) is 7.70. The summed E-state index contributed by atoms with van der Waals surface area (Å²) in [6.45, 7) is 0. The van der Waals surface area contributed by atoms with Gasteiger partial charge in [-0.25, -0.2) is 4.79 Å². The highest BCUT2D eigenvalue weighted by atomic mass is 16.4. The predicted octanol–water partition coefficient (Wildman–Crippen LogP) is 4.06. The van der Waals surface area contributed by atoms with Gasteiger partial charge in [0.25, 0.3) is 0 Å². The van der Waals surface area contributed by atoms with Crippen molar-refractivity contribution >= 4 is 12.0 Å². The van der Waals surface area contributed by atoms with Gasteiger partial charge in [0.15, 0.2) is 0 Å². The Kier molecular flexibility index (Phi) is 2.76. The van der Waals surface area contributed by atoms with Crippen LogP contribution in [0.15, 0.2) is 22.6 Å². The number of rotatable bonds is 3. The summed E-state index contributed by atoms with van der Waals surface area (Å²) in [5.41, 5.74) is 0. The zero-order valence-corrected chi connectivity index (χ0v) is 11.5. The molecule has 0 unspecified atom stereocenters. The second-order valence-corrected chi connectivity index (χ2v) is 6.87. The molecule has 0 radical (unpaired) electrons. The maximum absolute atomic E-state index is 10.8. The van der Waals surface area contributed by atoms with Crippen molar-refractivity contribution in [3.63, 3.8) is 0 Å². The zero-order chi connectivity index (χ0) is 13.7. The van der Waals surface area contributed by atoms with E-state index in [9.17, 15) is 4.79 Å². The van der Waals surface area contributed by atoms with Gasteiger partial charge in [-0.1, -0.05) is 6.08 Å². The lowest BCUT2D eigenvalue weighted by Gasteiger charge is -2.53. The Morgan fingerprint density at radius 1 is 1.10 bits per heavy atom. The van der Waals surface area contributed by atoms with Crippen LogP contribution in [-0.4, -0.2) is 11.1 Å². The van der Waals surface area contributed by atoms with Crippen LogP contribution in [0.1, 0.15) is 48.4 Å². The van der Waals surface area contributed by atoms with E-state index in [1.165, 1.54) is 38.2 Å². The van der Waals surface area contributed by atoms with Gasteiger partial charge < -0.3 is 9.52 Å². The minimum Gasteiger partial charge on any atom is -0.475 e. The number of carboxylic acid groups (broad SMARTS) is 1. The predicted molar refractivity (Wildman–Crippen MR) is 75.2 cm³/mol. The van der Waals surface area contributed by atoms with E-state index in [1.54, 1.807) is 6.07 Å². The Balaban J connectivity index is 1.50. The molecular weight excluding hydrogens is 252 g/mol. The van der Waals surface area contributed by atoms with Gasteiger partial charge in [0.05, 0.1) is 0 Å². The number of hydrogen-bond donors (Lipinski definition) is 1. The molecule has 0 aromatic carbocycles. The van der Waals surface area contributed by atoms with Crippen molar-refractivity contribution in [3.05, 3.63) is 29.7 Å². The number of aromatic carboxylic acids is 1. The molecule has 1 aromatic rings. The molecule has 1 aromatic heterocycles. The molecule has 0 amide bonds. The molecule has 4 saturated carbocycles. The summed E-state index contributed by atoms with van der Waals surface area (Å²) in [5, 5.41) is 8.86. The van der Waals surface area contributed by atoms with Gasteiger partial charge >= 0.3 is 5.97 Å². The third-order valence-electron chi connectivity index (χ3n) is 5.62. The smallest absolute Gasteiger partial charge is 0.371 e. The van der Waals surface area contributed by atoms with Crippen LogP contribution in [0.5, 0.6) is 0 Å². The number of furan rings is 1. The summed E-state index contributed by atoms with van der Waals surface area (Å²) in [5.74, 6) is 4.06. The van der Waals surface area contributed by atoms with Gasteiger partial charge in [-0.3, -0.25) is 0 Å². The van der Waals surface area contributed by atoms with Crippen LogP contribution >= 0.6 is 0 Å². The van der Waals surface area contributed by atoms with E-state index >= 15 is 0 Å². The fraction of sp³-hybridized carbons (Fsp3) is 0.588. The van der Waals surface area contributed by atoms with E-state index < -0.39 is 5.97 Å². The van der Waals surface area contributed by atoms with Crippen molar-refractivity contribution in [2.45, 2.75) is 32.1 Å². The fourth-order valence-corrected chi connectivity index (χ4v) is 5.04. The lowest BCUT2D eigenvalue weighted by atomic mass is 9.52. The van der Waals surface area contributed by atoms with E-state index in [0.29, 0.717) is 11.7 Å². The molecule has 106 valence electrons. The first-order chi connectivity index (χ1) is 9.69. The fourth-order valence-electron chi connectivity index (χ4n) is 5.04. The minimum atomic E-state index is -1.00. The normalized spacial score (nSPS) is 38.7. The molecule has 3 nitrogen and oxygen atoms in total. The molecule has 0 aliphatic heterocycles. The molecular formula is C17H20O3. The summed E-state index contributed by atoms with van der Waals surface area (Å²) in [6.07, 6.45) is 11.4. The molecule has 0 saturated heterocycles. The quantitative estimate of drug-likeness (QED) is 0.902. The second-order valence-electron chi connectivity index (χ2n) is 6.87. The van der Waals surface area contributed by atoms with Crippen molar-refractivity contribution in [3.8, 4) is 0 Å². The summed E-state index contributed by atoms with van der Waals surface area (Å²) in [7, 11) is 0. The van der Waals surface area contributed by atoms with Crippen LogP contribution in [0.2, 0.25) is 0 Å². The SMILES string of the molecule is O=C(O)c1ccc(/C=C/C2C3CC4CC(C3)CC2C4)o1. The monoisotopic (exact) mass is 272 g/mol. The van der Waals surface area contributed by atoms with Crippen molar-refractivity contribution < 1.29 is 14.3 Å². The molecule has 5 rings (SSSR count).